The molecule has 1 aliphatic heterocycles. The average molecular weight is 373 g/mol. The van der Waals surface area contributed by atoms with Crippen molar-refractivity contribution in [3.8, 4) is 6.07 Å². The standard InChI is InChI=1S/C19H17F2N3OS/c20-15-3-7-17(8-4-15)26-11-14-1-5-16(6-2-14)23-18(25)24-10-9-19(21,12-22)13-24/h1-8H,9-11,13H2,(H,23,25). The van der Waals surface area contributed by atoms with Crippen molar-refractivity contribution in [3.63, 3.8) is 0 Å². The van der Waals surface area contributed by atoms with Crippen LogP contribution < -0.4 is 5.32 Å². The van der Waals surface area contributed by atoms with E-state index in [9.17, 15) is 13.6 Å². The summed E-state index contributed by atoms with van der Waals surface area (Å²) in [5.74, 6) is 0.464. The maximum absolute atomic E-state index is 13.9. The van der Waals surface area contributed by atoms with Crippen LogP contribution in [-0.2, 0) is 5.75 Å². The Balaban J connectivity index is 1.52. The Morgan fingerprint density at radius 3 is 2.54 bits per heavy atom. The predicted molar refractivity (Wildman–Crippen MR) is 97.1 cm³/mol. The Labute approximate surface area is 154 Å². The number of carbonyl (C=O) groups is 1. The summed E-state index contributed by atoms with van der Waals surface area (Å²) in [4.78, 5) is 14.4. The van der Waals surface area contributed by atoms with E-state index in [2.05, 4.69) is 5.32 Å². The van der Waals surface area contributed by atoms with Crippen LogP contribution in [0.5, 0.6) is 0 Å². The number of carbonyl (C=O) groups excluding carboxylic acids is 1. The van der Waals surface area contributed by atoms with Gasteiger partial charge >= 0.3 is 6.03 Å². The Morgan fingerprint density at radius 2 is 1.92 bits per heavy atom. The minimum Gasteiger partial charge on any atom is -0.320 e. The molecule has 1 heterocycles. The molecule has 134 valence electrons. The highest BCUT2D eigenvalue weighted by Gasteiger charge is 2.40. The molecule has 4 nitrogen and oxygen atoms in total. The summed E-state index contributed by atoms with van der Waals surface area (Å²) in [5.41, 5.74) is -0.275. The van der Waals surface area contributed by atoms with E-state index in [0.29, 0.717) is 5.69 Å². The van der Waals surface area contributed by atoms with Crippen LogP contribution in [0.3, 0.4) is 0 Å². The van der Waals surface area contributed by atoms with E-state index >= 15 is 0 Å². The van der Waals surface area contributed by atoms with Crippen LogP contribution >= 0.6 is 11.8 Å². The van der Waals surface area contributed by atoms with Crippen molar-refractivity contribution in [1.29, 1.82) is 5.26 Å². The second-order valence-corrected chi connectivity index (χ2v) is 7.17. The number of nitrogens with zero attached hydrogens (tertiary/aromatic N) is 2. The number of anilines is 1. The summed E-state index contributed by atoms with van der Waals surface area (Å²) in [5, 5.41) is 11.5. The summed E-state index contributed by atoms with van der Waals surface area (Å²) in [6.07, 6.45) is 0.0382. The number of alkyl halides is 1. The van der Waals surface area contributed by atoms with Gasteiger partial charge < -0.3 is 10.2 Å². The van der Waals surface area contributed by atoms with Crippen LogP contribution in [0.15, 0.2) is 53.4 Å². The van der Waals surface area contributed by atoms with E-state index in [1.165, 1.54) is 17.0 Å². The van der Waals surface area contributed by atoms with Gasteiger partial charge in [0.1, 0.15) is 11.9 Å². The lowest BCUT2D eigenvalue weighted by molar-refractivity contribution is 0.206. The van der Waals surface area contributed by atoms with Gasteiger partial charge in [-0.25, -0.2) is 13.6 Å². The fourth-order valence-electron chi connectivity index (χ4n) is 2.62. The van der Waals surface area contributed by atoms with Gasteiger partial charge in [-0.05, 0) is 42.0 Å². The number of urea groups is 1. The minimum absolute atomic E-state index is 0.0382. The summed E-state index contributed by atoms with van der Waals surface area (Å²) >= 11 is 1.59. The molecule has 0 aliphatic carbocycles. The second kappa shape index (κ2) is 7.75. The molecule has 1 fully saturated rings. The lowest BCUT2D eigenvalue weighted by Crippen LogP contribution is -2.35. The number of halogens is 2. The smallest absolute Gasteiger partial charge is 0.320 e. The van der Waals surface area contributed by atoms with Gasteiger partial charge in [0, 0.05) is 29.3 Å². The molecule has 2 aromatic carbocycles. The molecule has 0 aromatic heterocycles. The summed E-state index contributed by atoms with van der Waals surface area (Å²) in [6.45, 7) is 0.0179. The third-order valence-corrected chi connectivity index (χ3v) is 5.21. The Kier molecular flexibility index (Phi) is 5.43. The minimum atomic E-state index is -1.95. The first kappa shape index (κ1) is 18.2. The van der Waals surface area contributed by atoms with Crippen molar-refractivity contribution in [2.75, 3.05) is 18.4 Å². The van der Waals surface area contributed by atoms with E-state index in [1.54, 1.807) is 42.1 Å². The van der Waals surface area contributed by atoms with E-state index in [-0.39, 0.29) is 25.3 Å². The summed E-state index contributed by atoms with van der Waals surface area (Å²) < 4.78 is 26.8. The molecule has 2 amide bonds. The normalized spacial score (nSPS) is 19.2. The van der Waals surface area contributed by atoms with Gasteiger partial charge in [-0.15, -0.1) is 11.8 Å². The second-order valence-electron chi connectivity index (χ2n) is 6.12. The highest BCUT2D eigenvalue weighted by Crippen LogP contribution is 2.26. The molecular formula is C19H17F2N3OS. The lowest BCUT2D eigenvalue weighted by atomic mass is 10.1. The molecule has 0 spiro atoms. The molecule has 1 unspecified atom stereocenters. The van der Waals surface area contributed by atoms with Gasteiger partial charge in [0.05, 0.1) is 6.54 Å². The third-order valence-electron chi connectivity index (χ3n) is 4.13. The predicted octanol–water partition coefficient (Wildman–Crippen LogP) is 4.59. The van der Waals surface area contributed by atoms with Gasteiger partial charge in [-0.2, -0.15) is 5.26 Å². The number of thioether (sulfide) groups is 1. The molecule has 7 heteroatoms. The van der Waals surface area contributed by atoms with Crippen molar-refractivity contribution in [2.24, 2.45) is 0 Å². The van der Waals surface area contributed by atoms with Gasteiger partial charge in [-0.3, -0.25) is 0 Å². The molecule has 0 saturated carbocycles. The van der Waals surface area contributed by atoms with E-state index in [0.717, 1.165) is 16.2 Å². The van der Waals surface area contributed by atoms with Crippen molar-refractivity contribution in [2.45, 2.75) is 22.7 Å². The Bertz CT molecular complexity index is 820. The quantitative estimate of drug-likeness (QED) is 0.798. The molecule has 1 atom stereocenters. The topological polar surface area (TPSA) is 56.1 Å². The first-order valence-corrected chi connectivity index (χ1v) is 9.09. The largest absolute Gasteiger partial charge is 0.321 e. The molecule has 1 N–H and O–H groups in total. The van der Waals surface area contributed by atoms with E-state index < -0.39 is 11.7 Å². The van der Waals surface area contributed by atoms with Crippen LogP contribution in [0.4, 0.5) is 19.3 Å². The van der Waals surface area contributed by atoms with Gasteiger partial charge in [0.15, 0.2) is 0 Å². The zero-order chi connectivity index (χ0) is 18.6. The summed E-state index contributed by atoms with van der Waals surface area (Å²) in [7, 11) is 0. The molecule has 3 rings (SSSR count). The fraction of sp³-hybridized carbons (Fsp3) is 0.263. The highest BCUT2D eigenvalue weighted by molar-refractivity contribution is 7.98. The number of hydrogen-bond donors (Lipinski definition) is 1. The Morgan fingerprint density at radius 1 is 1.23 bits per heavy atom. The monoisotopic (exact) mass is 373 g/mol. The van der Waals surface area contributed by atoms with Gasteiger partial charge in [-0.1, -0.05) is 12.1 Å². The van der Waals surface area contributed by atoms with Crippen molar-refractivity contribution in [3.05, 3.63) is 59.9 Å². The SMILES string of the molecule is N#CC1(F)CCN(C(=O)Nc2ccc(CSc3ccc(F)cc3)cc2)C1. The van der Waals surface area contributed by atoms with Crippen LogP contribution in [0.2, 0.25) is 0 Å². The number of benzene rings is 2. The maximum Gasteiger partial charge on any atom is 0.321 e. The zero-order valence-electron chi connectivity index (χ0n) is 13.9. The number of rotatable bonds is 4. The molecule has 2 aromatic rings. The highest BCUT2D eigenvalue weighted by atomic mass is 32.2. The molecule has 0 radical (unpaired) electrons. The average Bonchev–Trinajstić information content (AvgIpc) is 3.06. The van der Waals surface area contributed by atoms with Crippen LogP contribution in [0.25, 0.3) is 0 Å². The molecule has 1 saturated heterocycles. The van der Waals surface area contributed by atoms with Gasteiger partial charge in [0.2, 0.25) is 5.67 Å². The van der Waals surface area contributed by atoms with Crippen LogP contribution in [-0.4, -0.2) is 29.7 Å². The molecular weight excluding hydrogens is 356 g/mol. The molecule has 26 heavy (non-hydrogen) atoms. The number of likely N-dealkylation sites (tertiary alicyclic amines) is 1. The summed E-state index contributed by atoms with van der Waals surface area (Å²) in [6, 6.07) is 14.9. The first-order valence-electron chi connectivity index (χ1n) is 8.11. The zero-order valence-corrected chi connectivity index (χ0v) is 14.7. The fourth-order valence-corrected chi connectivity index (χ4v) is 3.48. The molecule has 0 bridgehead atoms. The van der Waals surface area contributed by atoms with Crippen LogP contribution in [0.1, 0.15) is 12.0 Å². The first-order chi connectivity index (χ1) is 12.5. The van der Waals surface area contributed by atoms with Crippen LogP contribution in [0, 0.1) is 17.1 Å². The number of nitriles is 1. The van der Waals surface area contributed by atoms with Crippen molar-refractivity contribution in [1.82, 2.24) is 4.90 Å². The van der Waals surface area contributed by atoms with Crippen molar-refractivity contribution >= 4 is 23.5 Å². The van der Waals surface area contributed by atoms with Crippen molar-refractivity contribution < 1.29 is 13.6 Å². The van der Waals surface area contributed by atoms with E-state index in [4.69, 9.17) is 5.26 Å². The third kappa shape index (κ3) is 4.52. The molecule has 1 aliphatic rings. The maximum atomic E-state index is 13.9. The Hall–Kier alpha value is -2.59. The lowest BCUT2D eigenvalue weighted by Gasteiger charge is -2.17. The number of hydrogen-bond acceptors (Lipinski definition) is 3. The van der Waals surface area contributed by atoms with E-state index in [1.807, 2.05) is 12.1 Å². The number of amides is 2. The number of nitrogens with one attached hydrogen (secondary N) is 1. The van der Waals surface area contributed by atoms with Gasteiger partial charge in [0.25, 0.3) is 0 Å².